The predicted octanol–water partition coefficient (Wildman–Crippen LogP) is 1.30. The molecule has 0 aromatic carbocycles. The monoisotopic (exact) mass is 276 g/mol. The third kappa shape index (κ3) is 6.23. The molecule has 2 amide bonds. The number of amides is 2. The van der Waals surface area contributed by atoms with E-state index in [-0.39, 0.29) is 17.5 Å². The molecule has 1 heterocycles. The lowest BCUT2D eigenvalue weighted by Crippen LogP contribution is -2.46. The Morgan fingerprint density at radius 1 is 1.33 bits per heavy atom. The number of carbonyl (C=O) groups is 1. The molecule has 0 bridgehead atoms. The van der Waals surface area contributed by atoms with E-state index in [0.717, 1.165) is 19.3 Å². The van der Waals surface area contributed by atoms with Crippen LogP contribution in [0.2, 0.25) is 0 Å². The number of nitrogens with one attached hydrogen (secondary N) is 2. The highest BCUT2D eigenvalue weighted by atomic mass is 32.2. The van der Waals surface area contributed by atoms with Crippen molar-refractivity contribution in [2.75, 3.05) is 18.1 Å². The minimum Gasteiger partial charge on any atom is -0.338 e. The number of hydrogen-bond donors (Lipinski definition) is 2. The van der Waals surface area contributed by atoms with Gasteiger partial charge in [0.05, 0.1) is 11.5 Å². The first kappa shape index (κ1) is 15.3. The van der Waals surface area contributed by atoms with Crippen LogP contribution in [-0.4, -0.2) is 38.0 Å². The van der Waals surface area contributed by atoms with E-state index in [1.165, 1.54) is 0 Å². The van der Waals surface area contributed by atoms with Gasteiger partial charge >= 0.3 is 6.03 Å². The number of carbonyl (C=O) groups excluding carboxylic acids is 1. The topological polar surface area (TPSA) is 75.3 Å². The van der Waals surface area contributed by atoms with E-state index in [1.807, 2.05) is 20.8 Å². The lowest BCUT2D eigenvalue weighted by atomic mass is 10.0. The molecule has 18 heavy (non-hydrogen) atoms. The first-order valence-corrected chi connectivity index (χ1v) is 8.26. The summed E-state index contributed by atoms with van der Waals surface area (Å²) in [5.41, 5.74) is -0.233. The Hall–Kier alpha value is -0.780. The zero-order valence-electron chi connectivity index (χ0n) is 11.5. The fraction of sp³-hybridized carbons (Fsp3) is 0.917. The number of urea groups is 1. The Kier molecular flexibility index (Phi) is 5.01. The maximum absolute atomic E-state index is 11.4. The van der Waals surface area contributed by atoms with Gasteiger partial charge in [0, 0.05) is 12.1 Å². The average molecular weight is 276 g/mol. The zero-order chi connectivity index (χ0) is 13.8. The molecule has 0 spiro atoms. The summed E-state index contributed by atoms with van der Waals surface area (Å²) in [4.78, 5) is 11.4. The van der Waals surface area contributed by atoms with Gasteiger partial charge in [-0.05, 0) is 46.0 Å². The first-order chi connectivity index (χ1) is 8.18. The van der Waals surface area contributed by atoms with Crippen LogP contribution in [0, 0.1) is 5.92 Å². The van der Waals surface area contributed by atoms with E-state index >= 15 is 0 Å². The zero-order valence-corrected chi connectivity index (χ0v) is 12.3. The third-order valence-electron chi connectivity index (χ3n) is 2.89. The summed E-state index contributed by atoms with van der Waals surface area (Å²) in [6, 6.07) is -0.165. The third-order valence-corrected chi connectivity index (χ3v) is 4.73. The number of sulfone groups is 1. The second kappa shape index (κ2) is 5.91. The lowest BCUT2D eigenvalue weighted by Gasteiger charge is -2.20. The molecule has 1 atom stereocenters. The van der Waals surface area contributed by atoms with Gasteiger partial charge in [0.15, 0.2) is 9.84 Å². The fourth-order valence-electron chi connectivity index (χ4n) is 2.08. The van der Waals surface area contributed by atoms with Crippen LogP contribution in [0.4, 0.5) is 4.79 Å². The smallest absolute Gasteiger partial charge is 0.315 e. The molecule has 5 nitrogen and oxygen atoms in total. The number of rotatable bonds is 4. The molecule has 1 rings (SSSR count). The van der Waals surface area contributed by atoms with Crippen molar-refractivity contribution in [1.29, 1.82) is 0 Å². The van der Waals surface area contributed by atoms with Crippen molar-refractivity contribution < 1.29 is 13.2 Å². The molecule has 1 fully saturated rings. The molecule has 1 saturated heterocycles. The normalized spacial score (nSPS) is 22.7. The number of hydrogen-bond acceptors (Lipinski definition) is 3. The molecular weight excluding hydrogens is 252 g/mol. The summed E-state index contributed by atoms with van der Waals surface area (Å²) in [6.45, 7) is 6.38. The van der Waals surface area contributed by atoms with Crippen molar-refractivity contribution in [2.24, 2.45) is 5.92 Å². The molecule has 2 N–H and O–H groups in total. The van der Waals surface area contributed by atoms with Gasteiger partial charge in [-0.25, -0.2) is 13.2 Å². The Morgan fingerprint density at radius 2 is 2.00 bits per heavy atom. The molecule has 6 heteroatoms. The molecule has 1 aliphatic rings. The van der Waals surface area contributed by atoms with E-state index in [4.69, 9.17) is 0 Å². The minimum absolute atomic E-state index is 0.165. The van der Waals surface area contributed by atoms with Crippen molar-refractivity contribution in [1.82, 2.24) is 10.6 Å². The van der Waals surface area contributed by atoms with Crippen molar-refractivity contribution in [3.8, 4) is 0 Å². The van der Waals surface area contributed by atoms with Gasteiger partial charge in [-0.15, -0.1) is 0 Å². The largest absolute Gasteiger partial charge is 0.338 e. The molecule has 0 radical (unpaired) electrons. The molecule has 1 aliphatic heterocycles. The van der Waals surface area contributed by atoms with E-state index in [0.29, 0.717) is 18.1 Å². The van der Waals surface area contributed by atoms with Gasteiger partial charge in [0.2, 0.25) is 0 Å². The molecule has 0 aromatic heterocycles. The lowest BCUT2D eigenvalue weighted by molar-refractivity contribution is 0.231. The van der Waals surface area contributed by atoms with Gasteiger partial charge in [0.1, 0.15) is 0 Å². The standard InChI is InChI=1S/C12H24N2O3S/c1-12(2,3)14-11(15)13-7-4-5-10-6-8-18(16,17)9-10/h10H,4-9H2,1-3H3,(H2,13,14,15). The van der Waals surface area contributed by atoms with Gasteiger partial charge in [-0.2, -0.15) is 0 Å². The van der Waals surface area contributed by atoms with Crippen molar-refractivity contribution in [3.63, 3.8) is 0 Å². The predicted molar refractivity (Wildman–Crippen MR) is 72.3 cm³/mol. The Bertz CT molecular complexity index is 385. The molecule has 106 valence electrons. The van der Waals surface area contributed by atoms with Crippen molar-refractivity contribution in [3.05, 3.63) is 0 Å². The summed E-state index contributed by atoms with van der Waals surface area (Å²) in [6.07, 6.45) is 2.48. The van der Waals surface area contributed by atoms with Gasteiger partial charge in [-0.3, -0.25) is 0 Å². The summed E-state index contributed by atoms with van der Waals surface area (Å²) in [5.74, 6) is 0.930. The molecule has 0 saturated carbocycles. The van der Waals surface area contributed by atoms with Crippen molar-refractivity contribution in [2.45, 2.75) is 45.6 Å². The molecular formula is C12H24N2O3S. The first-order valence-electron chi connectivity index (χ1n) is 6.44. The Labute approximate surface area is 110 Å². The Morgan fingerprint density at radius 3 is 2.50 bits per heavy atom. The maximum Gasteiger partial charge on any atom is 0.315 e. The second-order valence-corrected chi connectivity index (χ2v) is 8.27. The highest BCUT2D eigenvalue weighted by Crippen LogP contribution is 2.22. The van der Waals surface area contributed by atoms with Crippen LogP contribution in [0.1, 0.15) is 40.0 Å². The molecule has 1 unspecified atom stereocenters. The van der Waals surface area contributed by atoms with E-state index in [9.17, 15) is 13.2 Å². The average Bonchev–Trinajstić information content (AvgIpc) is 2.50. The van der Waals surface area contributed by atoms with Crippen LogP contribution in [0.3, 0.4) is 0 Å². The van der Waals surface area contributed by atoms with Crippen LogP contribution in [-0.2, 0) is 9.84 Å². The summed E-state index contributed by atoms with van der Waals surface area (Å²) in [7, 11) is -2.77. The minimum atomic E-state index is -2.77. The van der Waals surface area contributed by atoms with Gasteiger partial charge < -0.3 is 10.6 Å². The Balaban J connectivity index is 2.11. The summed E-state index contributed by atoms with van der Waals surface area (Å²) >= 11 is 0. The summed E-state index contributed by atoms with van der Waals surface area (Å²) in [5, 5.41) is 5.60. The van der Waals surface area contributed by atoms with Crippen molar-refractivity contribution >= 4 is 15.9 Å². The van der Waals surface area contributed by atoms with E-state index < -0.39 is 9.84 Å². The van der Waals surface area contributed by atoms with Crippen LogP contribution in [0.15, 0.2) is 0 Å². The molecule has 0 aromatic rings. The highest BCUT2D eigenvalue weighted by molar-refractivity contribution is 7.91. The van der Waals surface area contributed by atoms with Gasteiger partial charge in [0.25, 0.3) is 0 Å². The van der Waals surface area contributed by atoms with E-state index in [1.54, 1.807) is 0 Å². The maximum atomic E-state index is 11.4. The van der Waals surface area contributed by atoms with Crippen LogP contribution < -0.4 is 10.6 Å². The molecule has 0 aliphatic carbocycles. The van der Waals surface area contributed by atoms with Crippen LogP contribution in [0.25, 0.3) is 0 Å². The summed E-state index contributed by atoms with van der Waals surface area (Å²) < 4.78 is 22.5. The quantitative estimate of drug-likeness (QED) is 0.760. The van der Waals surface area contributed by atoms with Crippen LogP contribution >= 0.6 is 0 Å². The fourth-order valence-corrected chi connectivity index (χ4v) is 3.99. The highest BCUT2D eigenvalue weighted by Gasteiger charge is 2.27. The van der Waals surface area contributed by atoms with Gasteiger partial charge in [-0.1, -0.05) is 0 Å². The van der Waals surface area contributed by atoms with E-state index in [2.05, 4.69) is 10.6 Å². The SMILES string of the molecule is CC(C)(C)NC(=O)NCCCC1CCS(=O)(=O)C1. The second-order valence-electron chi connectivity index (χ2n) is 6.04. The van der Waals surface area contributed by atoms with Crippen LogP contribution in [0.5, 0.6) is 0 Å².